The first-order valence-electron chi connectivity index (χ1n) is 7.83. The molecule has 0 radical (unpaired) electrons. The number of halogens is 1. The maximum Gasteiger partial charge on any atom is 0.244 e. The number of amides is 1. The van der Waals surface area contributed by atoms with E-state index >= 15 is 0 Å². The lowest BCUT2D eigenvalue weighted by Gasteiger charge is -2.16. The Morgan fingerprint density at radius 2 is 1.72 bits per heavy atom. The van der Waals surface area contributed by atoms with Gasteiger partial charge < -0.3 is 5.32 Å². The molecule has 0 aliphatic carbocycles. The van der Waals surface area contributed by atoms with Gasteiger partial charge in [0, 0.05) is 12.3 Å². The normalized spacial score (nSPS) is 12.9. The Morgan fingerprint density at radius 1 is 1.12 bits per heavy atom. The molecular weight excluding hydrogens is 341 g/mol. The van der Waals surface area contributed by atoms with Crippen LogP contribution in [0.3, 0.4) is 0 Å². The molecule has 6 heteroatoms. The Kier molecular flexibility index (Phi) is 6.09. The summed E-state index contributed by atoms with van der Waals surface area (Å²) in [4.78, 5) is 12.3. The maximum atomic E-state index is 12.9. The van der Waals surface area contributed by atoms with Crippen molar-refractivity contribution in [2.75, 3.05) is 6.26 Å². The number of sulfone groups is 1. The highest BCUT2D eigenvalue weighted by atomic mass is 32.2. The number of carbonyl (C=O) groups excluding carboxylic acids is 1. The Hall–Kier alpha value is -2.47. The monoisotopic (exact) mass is 361 g/mol. The molecule has 0 aliphatic rings. The number of nitrogens with one attached hydrogen (secondary N) is 1. The third-order valence-electron chi connectivity index (χ3n) is 3.73. The van der Waals surface area contributed by atoms with E-state index in [1.54, 1.807) is 30.3 Å². The summed E-state index contributed by atoms with van der Waals surface area (Å²) in [5, 5.41) is 2.87. The van der Waals surface area contributed by atoms with Gasteiger partial charge in [-0.05, 0) is 47.9 Å². The van der Waals surface area contributed by atoms with Crippen LogP contribution in [0.4, 0.5) is 4.39 Å². The molecule has 1 unspecified atom stereocenters. The van der Waals surface area contributed by atoms with Crippen molar-refractivity contribution < 1.29 is 17.6 Å². The van der Waals surface area contributed by atoms with Gasteiger partial charge in [0.25, 0.3) is 0 Å². The van der Waals surface area contributed by atoms with Crippen molar-refractivity contribution in [3.05, 3.63) is 71.6 Å². The van der Waals surface area contributed by atoms with E-state index in [0.29, 0.717) is 6.42 Å². The van der Waals surface area contributed by atoms with Crippen LogP contribution in [-0.2, 0) is 14.6 Å². The van der Waals surface area contributed by atoms with Gasteiger partial charge in [-0.2, -0.15) is 0 Å². The van der Waals surface area contributed by atoms with Crippen molar-refractivity contribution in [1.82, 2.24) is 5.32 Å². The zero-order chi connectivity index (χ0) is 18.4. The predicted octanol–water partition coefficient (Wildman–Crippen LogP) is 3.51. The second-order valence-corrected chi connectivity index (χ2v) is 7.71. The molecule has 0 heterocycles. The molecule has 0 aromatic heterocycles. The van der Waals surface area contributed by atoms with E-state index < -0.39 is 9.84 Å². The van der Waals surface area contributed by atoms with E-state index in [4.69, 9.17) is 0 Å². The summed E-state index contributed by atoms with van der Waals surface area (Å²) in [5.41, 5.74) is 1.56. The Balaban J connectivity index is 2.05. The Labute approximate surface area is 147 Å². The zero-order valence-corrected chi connectivity index (χ0v) is 14.9. The zero-order valence-electron chi connectivity index (χ0n) is 14.1. The average Bonchev–Trinajstić information content (AvgIpc) is 2.58. The van der Waals surface area contributed by atoms with Crippen LogP contribution >= 0.6 is 0 Å². The smallest absolute Gasteiger partial charge is 0.244 e. The van der Waals surface area contributed by atoms with E-state index in [2.05, 4.69) is 5.32 Å². The first-order valence-corrected chi connectivity index (χ1v) is 9.73. The van der Waals surface area contributed by atoms with Gasteiger partial charge in [-0.3, -0.25) is 4.79 Å². The molecule has 25 heavy (non-hydrogen) atoms. The number of carbonyl (C=O) groups is 1. The summed E-state index contributed by atoms with van der Waals surface area (Å²) in [6, 6.07) is 12.1. The Bertz CT molecular complexity index is 857. The van der Waals surface area contributed by atoms with Crippen LogP contribution in [0.2, 0.25) is 0 Å². The van der Waals surface area contributed by atoms with Gasteiger partial charge in [-0.15, -0.1) is 0 Å². The molecule has 4 nitrogen and oxygen atoms in total. The highest BCUT2D eigenvalue weighted by Crippen LogP contribution is 2.19. The van der Waals surface area contributed by atoms with Crippen LogP contribution in [-0.4, -0.2) is 20.6 Å². The molecular formula is C19H20FNO3S. The van der Waals surface area contributed by atoms with Crippen LogP contribution in [0.25, 0.3) is 6.08 Å². The average molecular weight is 361 g/mol. The topological polar surface area (TPSA) is 63.2 Å². The second-order valence-electron chi connectivity index (χ2n) is 5.70. The molecule has 1 atom stereocenters. The molecule has 0 saturated heterocycles. The van der Waals surface area contributed by atoms with Crippen LogP contribution in [0.5, 0.6) is 0 Å². The van der Waals surface area contributed by atoms with E-state index in [0.717, 1.165) is 17.4 Å². The standard InChI is InChI=1S/C19H20FNO3S/c1-3-18(15-7-11-17(12-8-15)25(2,23)24)21-19(22)13-6-14-4-9-16(20)10-5-14/h4-13,18H,3H2,1-2H3,(H,21,22)/b13-6+. The van der Waals surface area contributed by atoms with Gasteiger partial charge in [-0.1, -0.05) is 31.2 Å². The lowest BCUT2D eigenvalue weighted by molar-refractivity contribution is -0.117. The van der Waals surface area contributed by atoms with Crippen molar-refractivity contribution in [3.63, 3.8) is 0 Å². The predicted molar refractivity (Wildman–Crippen MR) is 96.2 cm³/mol. The van der Waals surface area contributed by atoms with Gasteiger partial charge in [0.15, 0.2) is 9.84 Å². The lowest BCUT2D eigenvalue weighted by atomic mass is 10.0. The van der Waals surface area contributed by atoms with E-state index in [1.807, 2.05) is 6.92 Å². The molecule has 1 N–H and O–H groups in total. The number of benzene rings is 2. The third kappa shape index (κ3) is 5.53. The van der Waals surface area contributed by atoms with Gasteiger partial charge in [0.2, 0.25) is 5.91 Å². The van der Waals surface area contributed by atoms with Crippen molar-refractivity contribution in [2.24, 2.45) is 0 Å². The molecule has 2 aromatic carbocycles. The molecule has 0 aliphatic heterocycles. The molecule has 2 rings (SSSR count). The van der Waals surface area contributed by atoms with Gasteiger partial charge in [-0.25, -0.2) is 12.8 Å². The third-order valence-corrected chi connectivity index (χ3v) is 4.86. The quantitative estimate of drug-likeness (QED) is 0.801. The number of hydrogen-bond donors (Lipinski definition) is 1. The van der Waals surface area contributed by atoms with E-state index in [-0.39, 0.29) is 22.7 Å². The maximum absolute atomic E-state index is 12.9. The van der Waals surface area contributed by atoms with Crippen molar-refractivity contribution in [3.8, 4) is 0 Å². The summed E-state index contributed by atoms with van der Waals surface area (Å²) in [5.74, 6) is -0.603. The minimum absolute atomic E-state index is 0.223. The van der Waals surface area contributed by atoms with Crippen LogP contribution in [0, 0.1) is 5.82 Å². The van der Waals surface area contributed by atoms with Crippen LogP contribution in [0.1, 0.15) is 30.5 Å². The first kappa shape index (κ1) is 18.9. The summed E-state index contributed by atoms with van der Waals surface area (Å²) in [6.07, 6.45) is 4.81. The number of rotatable bonds is 6. The second kappa shape index (κ2) is 8.07. The summed E-state index contributed by atoms with van der Waals surface area (Å²) < 4.78 is 35.9. The summed E-state index contributed by atoms with van der Waals surface area (Å²) in [6.45, 7) is 1.93. The fourth-order valence-electron chi connectivity index (χ4n) is 2.33. The highest BCUT2D eigenvalue weighted by Gasteiger charge is 2.13. The largest absolute Gasteiger partial charge is 0.346 e. The Morgan fingerprint density at radius 3 is 2.24 bits per heavy atom. The molecule has 0 spiro atoms. The van der Waals surface area contributed by atoms with E-state index in [1.165, 1.54) is 30.3 Å². The van der Waals surface area contributed by atoms with Gasteiger partial charge in [0.1, 0.15) is 5.82 Å². The number of hydrogen-bond acceptors (Lipinski definition) is 3. The highest BCUT2D eigenvalue weighted by molar-refractivity contribution is 7.90. The SMILES string of the molecule is CCC(NC(=O)/C=C/c1ccc(F)cc1)c1ccc(S(C)(=O)=O)cc1. The molecule has 0 saturated carbocycles. The fraction of sp³-hybridized carbons (Fsp3) is 0.211. The van der Waals surface area contributed by atoms with Gasteiger partial charge >= 0.3 is 0 Å². The minimum atomic E-state index is -3.24. The van der Waals surface area contributed by atoms with Crippen molar-refractivity contribution >= 4 is 21.8 Å². The van der Waals surface area contributed by atoms with Crippen LogP contribution < -0.4 is 5.32 Å². The van der Waals surface area contributed by atoms with Crippen molar-refractivity contribution in [2.45, 2.75) is 24.3 Å². The lowest BCUT2D eigenvalue weighted by Crippen LogP contribution is -2.26. The molecule has 2 aromatic rings. The van der Waals surface area contributed by atoms with E-state index in [9.17, 15) is 17.6 Å². The first-order chi connectivity index (χ1) is 11.8. The molecule has 0 fully saturated rings. The van der Waals surface area contributed by atoms with Gasteiger partial charge in [0.05, 0.1) is 10.9 Å². The molecule has 0 bridgehead atoms. The molecule has 1 amide bonds. The fourth-order valence-corrected chi connectivity index (χ4v) is 2.96. The summed E-state index contributed by atoms with van der Waals surface area (Å²) in [7, 11) is -3.24. The van der Waals surface area contributed by atoms with Crippen LogP contribution in [0.15, 0.2) is 59.5 Å². The van der Waals surface area contributed by atoms with Crippen molar-refractivity contribution in [1.29, 1.82) is 0 Å². The minimum Gasteiger partial charge on any atom is -0.346 e. The molecule has 132 valence electrons. The summed E-state index contributed by atoms with van der Waals surface area (Å²) >= 11 is 0.